The zero-order chi connectivity index (χ0) is 29.4. The van der Waals surface area contributed by atoms with Gasteiger partial charge in [-0.1, -0.05) is 31.3 Å². The molecule has 0 radical (unpaired) electrons. The van der Waals surface area contributed by atoms with Gasteiger partial charge in [0, 0.05) is 0 Å². The molecule has 1 N–H and O–H groups in total. The number of aliphatic hydroxyl groups is 1. The second-order valence-electron chi connectivity index (χ2n) is 10.1. The van der Waals surface area contributed by atoms with E-state index in [0.29, 0.717) is 61.6 Å². The number of ether oxygens (including phenoxy) is 3. The minimum absolute atomic E-state index is 0.0332. The van der Waals surface area contributed by atoms with Crippen molar-refractivity contribution in [1.82, 2.24) is 9.97 Å². The minimum Gasteiger partial charge on any atom is -0.503 e. The average molecular weight is 594 g/mol. The number of aromatic nitrogens is 2. The molecule has 214 valence electrons. The van der Waals surface area contributed by atoms with Gasteiger partial charge in [0.2, 0.25) is 5.78 Å². The number of fused-ring (bicyclic) bond motifs is 1. The van der Waals surface area contributed by atoms with E-state index >= 15 is 0 Å². The Bertz CT molecular complexity index is 1670. The number of aryl methyl sites for hydroxylation is 2. The maximum atomic E-state index is 14.0. The van der Waals surface area contributed by atoms with Crippen LogP contribution in [0.15, 0.2) is 47.7 Å². The van der Waals surface area contributed by atoms with Crippen molar-refractivity contribution >= 4 is 49.7 Å². The Hall–Kier alpha value is -3.96. The Labute approximate surface area is 246 Å². The molecule has 5 rings (SSSR count). The number of methoxy groups -OCH3 is 2. The van der Waals surface area contributed by atoms with E-state index in [2.05, 4.69) is 23.8 Å². The van der Waals surface area contributed by atoms with Gasteiger partial charge >= 0.3 is 0 Å². The lowest BCUT2D eigenvalue weighted by Gasteiger charge is -2.25. The molecule has 1 aliphatic rings. The fraction of sp³-hybridized carbons (Fsp3) is 0.333. The summed E-state index contributed by atoms with van der Waals surface area (Å²) in [5.41, 5.74) is 1.74. The molecule has 2 aromatic heterocycles. The number of thiazole rings is 2. The molecule has 9 nitrogen and oxygen atoms in total. The highest BCUT2D eigenvalue weighted by molar-refractivity contribution is 7.22. The van der Waals surface area contributed by atoms with E-state index in [1.807, 2.05) is 13.0 Å². The topological polar surface area (TPSA) is 111 Å². The lowest BCUT2D eigenvalue weighted by molar-refractivity contribution is -0.117. The monoisotopic (exact) mass is 593 g/mol. The number of anilines is 1. The Morgan fingerprint density at radius 3 is 2.49 bits per heavy atom. The van der Waals surface area contributed by atoms with E-state index in [4.69, 9.17) is 14.2 Å². The Morgan fingerprint density at radius 1 is 1.05 bits per heavy atom. The van der Waals surface area contributed by atoms with Crippen molar-refractivity contribution < 1.29 is 28.9 Å². The highest BCUT2D eigenvalue weighted by Gasteiger charge is 2.46. The summed E-state index contributed by atoms with van der Waals surface area (Å²) in [5.74, 6) is 0.365. The van der Waals surface area contributed by atoms with Gasteiger partial charge in [0.25, 0.3) is 5.91 Å². The van der Waals surface area contributed by atoms with Crippen LogP contribution in [0.25, 0.3) is 10.2 Å². The molecule has 4 aromatic rings. The summed E-state index contributed by atoms with van der Waals surface area (Å²) in [4.78, 5) is 38.5. The van der Waals surface area contributed by atoms with Gasteiger partial charge in [-0.25, -0.2) is 9.97 Å². The zero-order valence-corrected chi connectivity index (χ0v) is 25.3. The molecule has 1 aliphatic heterocycles. The number of ketones is 1. The van der Waals surface area contributed by atoms with Gasteiger partial charge in [0.15, 0.2) is 22.4 Å². The van der Waals surface area contributed by atoms with Crippen molar-refractivity contribution in [3.8, 4) is 17.2 Å². The smallest absolute Gasteiger partial charge is 0.296 e. The third kappa shape index (κ3) is 5.39. The first-order valence-electron chi connectivity index (χ1n) is 13.1. The SMILES string of the molecule is COc1ccc2nc(N3C(=O)C(O)=C(C(=O)c4sc(C)nc4C)C3c3ccc(OCCC(C)C)c(OC)c3)sc2c1. The summed E-state index contributed by atoms with van der Waals surface area (Å²) in [6.45, 7) is 8.31. The normalized spacial score (nSPS) is 15.3. The fourth-order valence-corrected chi connectivity index (χ4v) is 6.61. The van der Waals surface area contributed by atoms with Gasteiger partial charge in [-0.15, -0.1) is 11.3 Å². The van der Waals surface area contributed by atoms with Gasteiger partial charge in [0.05, 0.1) is 58.2 Å². The predicted octanol–water partition coefficient (Wildman–Crippen LogP) is 6.59. The first-order valence-corrected chi connectivity index (χ1v) is 14.8. The number of hydrogen-bond acceptors (Lipinski definition) is 10. The number of amides is 1. The Morgan fingerprint density at radius 2 is 1.83 bits per heavy atom. The van der Waals surface area contributed by atoms with Gasteiger partial charge in [-0.05, 0) is 62.1 Å². The van der Waals surface area contributed by atoms with Crippen LogP contribution in [-0.4, -0.2) is 47.6 Å². The van der Waals surface area contributed by atoms with Crippen molar-refractivity contribution in [2.75, 3.05) is 25.7 Å². The predicted molar refractivity (Wildman–Crippen MR) is 160 cm³/mol. The lowest BCUT2D eigenvalue weighted by atomic mass is 9.95. The summed E-state index contributed by atoms with van der Waals surface area (Å²) < 4.78 is 17.8. The molecule has 0 bridgehead atoms. The maximum Gasteiger partial charge on any atom is 0.296 e. The summed E-state index contributed by atoms with van der Waals surface area (Å²) >= 11 is 2.50. The molecule has 11 heteroatoms. The number of hydrogen-bond donors (Lipinski definition) is 1. The lowest BCUT2D eigenvalue weighted by Crippen LogP contribution is -2.31. The van der Waals surface area contributed by atoms with Crippen LogP contribution in [-0.2, 0) is 4.79 Å². The molecular weight excluding hydrogens is 562 g/mol. The van der Waals surface area contributed by atoms with Crippen molar-refractivity contribution in [2.45, 2.75) is 40.2 Å². The summed E-state index contributed by atoms with van der Waals surface area (Å²) in [6, 6.07) is 9.75. The number of nitrogens with zero attached hydrogens (tertiary/aromatic N) is 3. The average Bonchev–Trinajstić information content (AvgIpc) is 3.60. The van der Waals surface area contributed by atoms with E-state index in [9.17, 15) is 14.7 Å². The van der Waals surface area contributed by atoms with Crippen LogP contribution in [0.4, 0.5) is 5.13 Å². The standard InChI is InChI=1S/C30H31N3O6S2/c1-15(2)11-12-39-21-10-7-18(13-22(21)38-6)25-24(26(34)28-16(3)31-17(4)40-28)27(35)29(36)33(25)30-32-20-9-8-19(37-5)14-23(20)41-30/h7-10,13-15,25,35H,11-12H2,1-6H3. The van der Waals surface area contributed by atoms with E-state index in [-0.39, 0.29) is 5.57 Å². The molecule has 0 aliphatic carbocycles. The molecule has 0 fully saturated rings. The number of carbonyl (C=O) groups is 2. The highest BCUT2D eigenvalue weighted by atomic mass is 32.1. The zero-order valence-electron chi connectivity index (χ0n) is 23.7. The Kier molecular flexibility index (Phi) is 8.01. The molecular formula is C30H31N3O6S2. The van der Waals surface area contributed by atoms with E-state index in [1.165, 1.54) is 34.7 Å². The molecule has 0 spiro atoms. The van der Waals surface area contributed by atoms with Gasteiger partial charge in [0.1, 0.15) is 5.75 Å². The molecule has 1 atom stereocenters. The van der Waals surface area contributed by atoms with Crippen molar-refractivity contribution in [3.05, 3.63) is 68.9 Å². The second-order valence-corrected chi connectivity index (χ2v) is 12.3. The van der Waals surface area contributed by atoms with Crippen LogP contribution in [0.5, 0.6) is 17.2 Å². The molecule has 0 saturated carbocycles. The molecule has 1 amide bonds. The number of carbonyl (C=O) groups excluding carboxylic acids is 2. The Balaban J connectivity index is 1.63. The van der Waals surface area contributed by atoms with Crippen molar-refractivity contribution in [1.29, 1.82) is 0 Å². The van der Waals surface area contributed by atoms with Crippen LogP contribution >= 0.6 is 22.7 Å². The number of benzene rings is 2. The molecule has 41 heavy (non-hydrogen) atoms. The number of rotatable bonds is 10. The van der Waals surface area contributed by atoms with E-state index < -0.39 is 23.5 Å². The van der Waals surface area contributed by atoms with Gasteiger partial charge in [-0.2, -0.15) is 0 Å². The number of Topliss-reactive ketones (excluding diaryl/α,β-unsaturated/α-hetero) is 1. The van der Waals surface area contributed by atoms with E-state index in [0.717, 1.165) is 11.1 Å². The fourth-order valence-electron chi connectivity index (χ4n) is 4.72. The molecule has 3 heterocycles. The first kappa shape index (κ1) is 28.6. The van der Waals surface area contributed by atoms with Gasteiger partial charge in [-0.3, -0.25) is 14.5 Å². The quantitative estimate of drug-likeness (QED) is 0.205. The highest BCUT2D eigenvalue weighted by Crippen LogP contribution is 2.46. The number of aliphatic hydroxyl groups excluding tert-OH is 1. The third-order valence-electron chi connectivity index (χ3n) is 6.81. The van der Waals surface area contributed by atoms with Crippen LogP contribution in [0, 0.1) is 19.8 Å². The van der Waals surface area contributed by atoms with Crippen LogP contribution in [0.2, 0.25) is 0 Å². The van der Waals surface area contributed by atoms with Crippen LogP contribution < -0.4 is 19.1 Å². The first-order chi connectivity index (χ1) is 19.6. The maximum absolute atomic E-state index is 14.0. The van der Waals surface area contributed by atoms with Gasteiger partial charge < -0.3 is 19.3 Å². The molecule has 1 unspecified atom stereocenters. The van der Waals surface area contributed by atoms with Crippen molar-refractivity contribution in [2.24, 2.45) is 5.92 Å². The van der Waals surface area contributed by atoms with Crippen molar-refractivity contribution in [3.63, 3.8) is 0 Å². The largest absolute Gasteiger partial charge is 0.503 e. The summed E-state index contributed by atoms with van der Waals surface area (Å²) in [5, 5.41) is 12.3. The molecule has 2 aromatic carbocycles. The minimum atomic E-state index is -0.960. The third-order valence-corrected chi connectivity index (χ3v) is 8.90. The van der Waals surface area contributed by atoms with E-state index in [1.54, 1.807) is 44.4 Å². The second kappa shape index (κ2) is 11.5. The molecule has 0 saturated heterocycles. The summed E-state index contributed by atoms with van der Waals surface area (Å²) in [6.07, 6.45) is 0.876. The van der Waals surface area contributed by atoms with Crippen LogP contribution in [0.3, 0.4) is 0 Å². The van der Waals surface area contributed by atoms with Crippen LogP contribution in [0.1, 0.15) is 52.2 Å². The summed E-state index contributed by atoms with van der Waals surface area (Å²) in [7, 11) is 3.12.